The summed E-state index contributed by atoms with van der Waals surface area (Å²) in [6.07, 6.45) is 5.37. The number of carbonyl (C=O) groups is 2. The molecule has 0 spiro atoms. The number of hydrogen-bond donors (Lipinski definition) is 1. The van der Waals surface area contributed by atoms with Gasteiger partial charge in [0.15, 0.2) is 0 Å². The Morgan fingerprint density at radius 2 is 1.85 bits per heavy atom. The molecular formula is C15H25N3O2. The Bertz CT molecular complexity index is 387. The van der Waals surface area contributed by atoms with E-state index < -0.39 is 0 Å². The monoisotopic (exact) mass is 279 g/mol. The fourth-order valence-corrected chi connectivity index (χ4v) is 3.52. The Kier molecular flexibility index (Phi) is 3.96. The highest BCUT2D eigenvalue weighted by Crippen LogP contribution is 2.35. The van der Waals surface area contributed by atoms with Crippen LogP contribution in [-0.2, 0) is 9.59 Å². The third-order valence-corrected chi connectivity index (χ3v) is 4.81. The van der Waals surface area contributed by atoms with Gasteiger partial charge in [-0.25, -0.2) is 0 Å². The van der Waals surface area contributed by atoms with Crippen LogP contribution in [0, 0.1) is 5.92 Å². The van der Waals surface area contributed by atoms with Crippen molar-refractivity contribution >= 4 is 11.8 Å². The fourth-order valence-electron chi connectivity index (χ4n) is 3.52. The van der Waals surface area contributed by atoms with Gasteiger partial charge in [0, 0.05) is 19.1 Å². The van der Waals surface area contributed by atoms with Gasteiger partial charge in [-0.2, -0.15) is 0 Å². The van der Waals surface area contributed by atoms with Crippen molar-refractivity contribution < 1.29 is 9.59 Å². The number of hydrogen-bond acceptors (Lipinski definition) is 3. The van der Waals surface area contributed by atoms with E-state index in [0.717, 1.165) is 45.3 Å². The van der Waals surface area contributed by atoms with E-state index in [2.05, 4.69) is 17.1 Å². The topological polar surface area (TPSA) is 52.6 Å². The van der Waals surface area contributed by atoms with Gasteiger partial charge in [-0.1, -0.05) is 6.92 Å². The molecule has 1 unspecified atom stereocenters. The van der Waals surface area contributed by atoms with Crippen LogP contribution in [0.5, 0.6) is 0 Å². The lowest BCUT2D eigenvalue weighted by Gasteiger charge is -2.42. The van der Waals surface area contributed by atoms with Crippen LogP contribution < -0.4 is 5.32 Å². The van der Waals surface area contributed by atoms with Crippen molar-refractivity contribution in [1.29, 1.82) is 0 Å². The van der Waals surface area contributed by atoms with Crippen molar-refractivity contribution in [1.82, 2.24) is 15.1 Å². The largest absolute Gasteiger partial charge is 0.342 e. The molecule has 112 valence electrons. The molecule has 1 atom stereocenters. The van der Waals surface area contributed by atoms with Crippen molar-refractivity contribution in [3.8, 4) is 0 Å². The molecule has 2 saturated heterocycles. The van der Waals surface area contributed by atoms with E-state index >= 15 is 0 Å². The minimum atomic E-state index is -0.232. The van der Waals surface area contributed by atoms with Crippen molar-refractivity contribution in [2.24, 2.45) is 5.92 Å². The number of piperazine rings is 1. The summed E-state index contributed by atoms with van der Waals surface area (Å²) in [4.78, 5) is 28.7. The maximum Gasteiger partial charge on any atom is 0.246 e. The van der Waals surface area contributed by atoms with Gasteiger partial charge in [0.1, 0.15) is 6.04 Å². The smallest absolute Gasteiger partial charge is 0.246 e. The first-order chi connectivity index (χ1) is 9.69. The van der Waals surface area contributed by atoms with Gasteiger partial charge in [0.25, 0.3) is 0 Å². The Balaban J connectivity index is 1.61. The van der Waals surface area contributed by atoms with Crippen LogP contribution in [0.1, 0.15) is 39.0 Å². The van der Waals surface area contributed by atoms with Gasteiger partial charge in [-0.15, -0.1) is 0 Å². The van der Waals surface area contributed by atoms with Crippen LogP contribution in [0.15, 0.2) is 0 Å². The number of nitrogens with one attached hydrogen (secondary N) is 1. The normalized spacial score (nSPS) is 29.6. The lowest BCUT2D eigenvalue weighted by Crippen LogP contribution is -2.62. The van der Waals surface area contributed by atoms with E-state index in [-0.39, 0.29) is 30.4 Å². The number of amides is 2. The second-order valence-corrected chi connectivity index (χ2v) is 6.42. The van der Waals surface area contributed by atoms with Crippen molar-refractivity contribution in [3.63, 3.8) is 0 Å². The predicted octanol–water partition coefficient (Wildman–Crippen LogP) is 0.598. The van der Waals surface area contributed by atoms with Gasteiger partial charge in [0.05, 0.1) is 6.54 Å². The summed E-state index contributed by atoms with van der Waals surface area (Å²) in [6.45, 7) is 5.72. The highest BCUT2D eigenvalue weighted by molar-refractivity contribution is 5.95. The summed E-state index contributed by atoms with van der Waals surface area (Å²) in [7, 11) is 0. The Morgan fingerprint density at radius 1 is 1.15 bits per heavy atom. The number of rotatable bonds is 4. The molecule has 0 radical (unpaired) electrons. The first kappa shape index (κ1) is 13.9. The summed E-state index contributed by atoms with van der Waals surface area (Å²) in [6, 6.07) is 0.0350. The molecule has 2 amide bonds. The average Bonchev–Trinajstić information content (AvgIpc) is 3.27. The number of piperidine rings is 1. The highest BCUT2D eigenvalue weighted by atomic mass is 16.2. The highest BCUT2D eigenvalue weighted by Gasteiger charge is 2.44. The number of likely N-dealkylation sites (tertiary alicyclic amines) is 1. The second kappa shape index (κ2) is 5.72. The molecule has 0 aromatic carbocycles. The number of nitrogens with zero attached hydrogens (tertiary/aromatic N) is 2. The molecule has 2 heterocycles. The average molecular weight is 279 g/mol. The van der Waals surface area contributed by atoms with Crippen LogP contribution in [0.4, 0.5) is 0 Å². The molecule has 5 nitrogen and oxygen atoms in total. The molecule has 20 heavy (non-hydrogen) atoms. The summed E-state index contributed by atoms with van der Waals surface area (Å²) >= 11 is 0. The van der Waals surface area contributed by atoms with Crippen LogP contribution >= 0.6 is 0 Å². The van der Waals surface area contributed by atoms with Crippen LogP contribution in [-0.4, -0.2) is 59.9 Å². The van der Waals surface area contributed by atoms with Gasteiger partial charge in [0.2, 0.25) is 11.8 Å². The predicted molar refractivity (Wildman–Crippen MR) is 76.1 cm³/mol. The summed E-state index contributed by atoms with van der Waals surface area (Å²) in [5.74, 6) is 0.591. The summed E-state index contributed by atoms with van der Waals surface area (Å²) < 4.78 is 0. The Morgan fingerprint density at radius 3 is 2.45 bits per heavy atom. The maximum atomic E-state index is 12.6. The molecule has 1 saturated carbocycles. The van der Waals surface area contributed by atoms with Gasteiger partial charge in [-0.3, -0.25) is 9.59 Å². The van der Waals surface area contributed by atoms with Crippen molar-refractivity contribution in [3.05, 3.63) is 0 Å². The fraction of sp³-hybridized carbons (Fsp3) is 0.867. The molecule has 0 aromatic rings. The number of carbonyl (C=O) groups excluding carboxylic acids is 2. The molecule has 3 aliphatic rings. The Labute approximate surface area is 120 Å². The van der Waals surface area contributed by atoms with E-state index in [1.165, 1.54) is 6.42 Å². The standard InChI is InChI=1S/C15H25N3O2/c1-2-7-17-8-5-12(6-9-17)18-10-13(19)16-14(15(18)20)11-3-4-11/h11-12,14H,2-10H2,1H3,(H,16,19). The van der Waals surface area contributed by atoms with E-state index in [4.69, 9.17) is 0 Å². The first-order valence-electron chi connectivity index (χ1n) is 8.01. The minimum absolute atomic E-state index is 0.0255. The molecule has 3 fully saturated rings. The molecular weight excluding hydrogens is 254 g/mol. The zero-order valence-corrected chi connectivity index (χ0v) is 12.3. The zero-order valence-electron chi connectivity index (χ0n) is 12.3. The van der Waals surface area contributed by atoms with Gasteiger partial charge < -0.3 is 15.1 Å². The van der Waals surface area contributed by atoms with E-state index in [1.54, 1.807) is 0 Å². The third kappa shape index (κ3) is 2.82. The van der Waals surface area contributed by atoms with E-state index in [9.17, 15) is 9.59 Å². The second-order valence-electron chi connectivity index (χ2n) is 6.42. The van der Waals surface area contributed by atoms with Crippen molar-refractivity contribution in [2.75, 3.05) is 26.2 Å². The Hall–Kier alpha value is -1.10. The van der Waals surface area contributed by atoms with E-state index in [1.807, 2.05) is 4.90 Å². The van der Waals surface area contributed by atoms with Gasteiger partial charge in [-0.05, 0) is 44.6 Å². The SMILES string of the molecule is CCCN1CCC(N2CC(=O)NC(C3CC3)C2=O)CC1. The molecule has 1 N–H and O–H groups in total. The van der Waals surface area contributed by atoms with Crippen LogP contribution in [0.3, 0.4) is 0 Å². The third-order valence-electron chi connectivity index (χ3n) is 4.81. The van der Waals surface area contributed by atoms with Crippen LogP contribution in [0.2, 0.25) is 0 Å². The van der Waals surface area contributed by atoms with E-state index in [0.29, 0.717) is 5.92 Å². The summed E-state index contributed by atoms with van der Waals surface area (Å²) in [5.41, 5.74) is 0. The van der Waals surface area contributed by atoms with Gasteiger partial charge >= 0.3 is 0 Å². The molecule has 0 aromatic heterocycles. The lowest BCUT2D eigenvalue weighted by molar-refractivity contribution is -0.148. The first-order valence-corrected chi connectivity index (χ1v) is 8.01. The molecule has 3 rings (SSSR count). The zero-order chi connectivity index (χ0) is 14.1. The molecule has 0 bridgehead atoms. The minimum Gasteiger partial charge on any atom is -0.342 e. The van der Waals surface area contributed by atoms with Crippen molar-refractivity contribution in [2.45, 2.75) is 51.1 Å². The molecule has 2 aliphatic heterocycles. The lowest BCUT2D eigenvalue weighted by atomic mass is 9.99. The molecule has 5 heteroatoms. The van der Waals surface area contributed by atoms with Crippen LogP contribution in [0.25, 0.3) is 0 Å². The molecule has 1 aliphatic carbocycles. The quantitative estimate of drug-likeness (QED) is 0.820. The maximum absolute atomic E-state index is 12.6. The summed E-state index contributed by atoms with van der Waals surface area (Å²) in [5, 5.41) is 2.89.